The second-order valence-corrected chi connectivity index (χ2v) is 5.69. The smallest absolute Gasteiger partial charge is 0.312 e. The van der Waals surface area contributed by atoms with E-state index in [1.165, 1.54) is 0 Å². The van der Waals surface area contributed by atoms with E-state index in [1.54, 1.807) is 18.2 Å². The van der Waals surface area contributed by atoms with Crippen LogP contribution in [0.5, 0.6) is 5.75 Å². The van der Waals surface area contributed by atoms with E-state index in [0.29, 0.717) is 25.4 Å². The summed E-state index contributed by atoms with van der Waals surface area (Å²) in [4.78, 5) is 11.8. The second kappa shape index (κ2) is 4.53. The summed E-state index contributed by atoms with van der Waals surface area (Å²) in [6.45, 7) is 0.520. The molecule has 1 aliphatic carbocycles. The van der Waals surface area contributed by atoms with Gasteiger partial charge in [0.15, 0.2) is 0 Å². The van der Waals surface area contributed by atoms with Crippen LogP contribution in [0, 0.1) is 11.3 Å². The molecule has 1 saturated heterocycles. The zero-order valence-corrected chi connectivity index (χ0v) is 10.7. The van der Waals surface area contributed by atoms with Crippen LogP contribution in [0.1, 0.15) is 24.8 Å². The van der Waals surface area contributed by atoms with Gasteiger partial charge in [-0.2, -0.15) is 0 Å². The lowest BCUT2D eigenvalue weighted by Gasteiger charge is -2.30. The summed E-state index contributed by atoms with van der Waals surface area (Å²) in [5.41, 5.74) is 0.0353. The average molecular weight is 262 g/mol. The van der Waals surface area contributed by atoms with E-state index < -0.39 is 11.4 Å². The van der Waals surface area contributed by atoms with Crippen LogP contribution in [0.15, 0.2) is 24.3 Å². The number of rotatable bonds is 4. The molecule has 2 atom stereocenters. The van der Waals surface area contributed by atoms with Gasteiger partial charge in [0.1, 0.15) is 11.2 Å². The van der Waals surface area contributed by atoms with Gasteiger partial charge in [0.2, 0.25) is 0 Å². The van der Waals surface area contributed by atoms with Gasteiger partial charge in [-0.15, -0.1) is 0 Å². The van der Waals surface area contributed by atoms with Crippen LogP contribution >= 0.6 is 0 Å². The molecule has 19 heavy (non-hydrogen) atoms. The minimum atomic E-state index is -0.824. The van der Waals surface area contributed by atoms with Gasteiger partial charge in [0.25, 0.3) is 0 Å². The first-order valence-corrected chi connectivity index (χ1v) is 6.75. The molecule has 1 aromatic rings. The first-order valence-electron chi connectivity index (χ1n) is 6.75. The van der Waals surface area contributed by atoms with Crippen molar-refractivity contribution in [2.75, 3.05) is 6.61 Å². The molecule has 1 aliphatic heterocycles. The highest BCUT2D eigenvalue weighted by atomic mass is 16.5. The Morgan fingerprint density at radius 1 is 1.42 bits per heavy atom. The Hall–Kier alpha value is -1.55. The molecule has 0 bridgehead atoms. The lowest BCUT2D eigenvalue weighted by Crippen LogP contribution is -2.42. The third-order valence-corrected chi connectivity index (χ3v) is 4.30. The Labute approximate surface area is 112 Å². The van der Waals surface area contributed by atoms with E-state index in [0.717, 1.165) is 18.4 Å². The van der Waals surface area contributed by atoms with Crippen molar-refractivity contribution in [3.63, 3.8) is 0 Å². The fourth-order valence-corrected chi connectivity index (χ4v) is 3.18. The van der Waals surface area contributed by atoms with E-state index in [9.17, 15) is 15.0 Å². The Bertz CT molecular complexity index is 495. The van der Waals surface area contributed by atoms with Crippen molar-refractivity contribution in [2.24, 2.45) is 11.3 Å². The molecule has 0 radical (unpaired) electrons. The van der Waals surface area contributed by atoms with Crippen LogP contribution in [0.2, 0.25) is 0 Å². The molecule has 102 valence electrons. The highest BCUT2D eigenvalue weighted by Crippen LogP contribution is 2.49. The highest BCUT2D eigenvalue weighted by molar-refractivity contribution is 5.76. The van der Waals surface area contributed by atoms with Crippen molar-refractivity contribution in [3.8, 4) is 5.75 Å². The Kier molecular flexibility index (Phi) is 2.97. The number of hydrogen-bond acceptors (Lipinski definition) is 3. The maximum Gasteiger partial charge on any atom is 0.312 e. The van der Waals surface area contributed by atoms with Gasteiger partial charge in [0, 0.05) is 6.61 Å². The van der Waals surface area contributed by atoms with Gasteiger partial charge >= 0.3 is 5.97 Å². The maximum atomic E-state index is 11.8. The summed E-state index contributed by atoms with van der Waals surface area (Å²) in [5, 5.41) is 19.2. The van der Waals surface area contributed by atoms with E-state index in [4.69, 9.17) is 4.74 Å². The van der Waals surface area contributed by atoms with E-state index in [1.807, 2.05) is 6.07 Å². The predicted octanol–water partition coefficient (Wildman–Crippen LogP) is 2.20. The van der Waals surface area contributed by atoms with E-state index >= 15 is 0 Å². The van der Waals surface area contributed by atoms with Crippen LogP contribution in [0.3, 0.4) is 0 Å². The number of hydrogen-bond donors (Lipinski definition) is 2. The van der Waals surface area contributed by atoms with Crippen LogP contribution in [-0.4, -0.2) is 28.9 Å². The van der Waals surface area contributed by atoms with Crippen LogP contribution < -0.4 is 0 Å². The number of benzene rings is 1. The van der Waals surface area contributed by atoms with Crippen molar-refractivity contribution in [1.82, 2.24) is 0 Å². The average Bonchev–Trinajstić information content (AvgIpc) is 3.11. The highest BCUT2D eigenvalue weighted by Gasteiger charge is 2.55. The number of aliphatic carboxylic acids is 1. The van der Waals surface area contributed by atoms with Crippen molar-refractivity contribution < 1.29 is 19.7 Å². The van der Waals surface area contributed by atoms with Gasteiger partial charge in [-0.25, -0.2) is 0 Å². The quantitative estimate of drug-likeness (QED) is 0.873. The lowest BCUT2D eigenvalue weighted by atomic mass is 9.74. The first kappa shape index (κ1) is 12.5. The Morgan fingerprint density at radius 3 is 2.84 bits per heavy atom. The Morgan fingerprint density at radius 2 is 2.21 bits per heavy atom. The minimum absolute atomic E-state index is 0.174. The van der Waals surface area contributed by atoms with Crippen LogP contribution in [0.4, 0.5) is 0 Å². The predicted molar refractivity (Wildman–Crippen MR) is 69.0 cm³/mol. The van der Waals surface area contributed by atoms with Crippen molar-refractivity contribution in [3.05, 3.63) is 29.8 Å². The van der Waals surface area contributed by atoms with Gasteiger partial charge < -0.3 is 14.9 Å². The summed E-state index contributed by atoms with van der Waals surface area (Å²) >= 11 is 0. The number of carboxylic acids is 1. The first-order chi connectivity index (χ1) is 9.12. The molecule has 2 unspecified atom stereocenters. The number of aromatic hydroxyl groups is 1. The SMILES string of the molecule is O=C(O)C1(Cc2cccc(O)c2)CCOC1C1CC1. The summed E-state index contributed by atoms with van der Waals surface area (Å²) in [6, 6.07) is 6.86. The monoisotopic (exact) mass is 262 g/mol. The molecular formula is C15H18O4. The van der Waals surface area contributed by atoms with Crippen molar-refractivity contribution in [1.29, 1.82) is 0 Å². The molecule has 1 aromatic carbocycles. The minimum Gasteiger partial charge on any atom is -0.508 e. The summed E-state index contributed by atoms with van der Waals surface area (Å²) in [6.07, 6.45) is 2.95. The summed E-state index contributed by atoms with van der Waals surface area (Å²) in [7, 11) is 0. The largest absolute Gasteiger partial charge is 0.508 e. The number of ether oxygens (including phenoxy) is 1. The Balaban J connectivity index is 1.90. The molecule has 0 amide bonds. The fourth-order valence-electron chi connectivity index (χ4n) is 3.18. The second-order valence-electron chi connectivity index (χ2n) is 5.69. The van der Waals surface area contributed by atoms with Crippen LogP contribution in [0.25, 0.3) is 0 Å². The third kappa shape index (κ3) is 2.21. The maximum absolute atomic E-state index is 11.8. The molecule has 0 spiro atoms. The fraction of sp³-hybridized carbons (Fsp3) is 0.533. The molecule has 4 heteroatoms. The standard InChI is InChI=1S/C15H18O4/c16-12-3-1-2-10(8-12)9-15(14(17)18)6-7-19-13(15)11-4-5-11/h1-3,8,11,13,16H,4-7,9H2,(H,17,18). The summed E-state index contributed by atoms with van der Waals surface area (Å²) < 4.78 is 5.71. The topological polar surface area (TPSA) is 66.8 Å². The molecule has 1 saturated carbocycles. The van der Waals surface area contributed by atoms with Gasteiger partial charge in [-0.05, 0) is 49.3 Å². The van der Waals surface area contributed by atoms with Crippen LogP contribution in [-0.2, 0) is 16.0 Å². The number of phenolic OH excluding ortho intramolecular Hbond substituents is 1. The van der Waals surface area contributed by atoms with Gasteiger partial charge in [0.05, 0.1) is 6.10 Å². The zero-order chi connectivity index (χ0) is 13.5. The molecule has 3 rings (SSSR count). The molecule has 2 aliphatic rings. The third-order valence-electron chi connectivity index (χ3n) is 4.30. The number of phenols is 1. The lowest BCUT2D eigenvalue weighted by molar-refractivity contribution is -0.153. The molecule has 1 heterocycles. The number of carbonyl (C=O) groups is 1. The van der Waals surface area contributed by atoms with E-state index in [2.05, 4.69) is 0 Å². The molecule has 2 fully saturated rings. The molecule has 4 nitrogen and oxygen atoms in total. The summed E-state index contributed by atoms with van der Waals surface area (Å²) in [5.74, 6) is -0.193. The molecular weight excluding hydrogens is 244 g/mol. The zero-order valence-electron chi connectivity index (χ0n) is 10.7. The normalized spacial score (nSPS) is 30.4. The molecule has 2 N–H and O–H groups in total. The molecule has 0 aromatic heterocycles. The van der Waals surface area contributed by atoms with Gasteiger partial charge in [-0.1, -0.05) is 12.1 Å². The number of carboxylic acid groups (broad SMARTS) is 1. The van der Waals surface area contributed by atoms with Gasteiger partial charge in [-0.3, -0.25) is 4.79 Å². The van der Waals surface area contributed by atoms with E-state index in [-0.39, 0.29) is 11.9 Å². The van der Waals surface area contributed by atoms with Crippen molar-refractivity contribution in [2.45, 2.75) is 31.8 Å². The van der Waals surface area contributed by atoms with Crippen molar-refractivity contribution >= 4 is 5.97 Å².